The summed E-state index contributed by atoms with van der Waals surface area (Å²) in [5.41, 5.74) is 4.01. The minimum absolute atomic E-state index is 0.0447. The van der Waals surface area contributed by atoms with Crippen LogP contribution in [0.2, 0.25) is 0 Å². The van der Waals surface area contributed by atoms with Crippen molar-refractivity contribution in [3.05, 3.63) is 88.9 Å². The third-order valence-electron chi connectivity index (χ3n) is 6.53. The number of aromatic nitrogens is 1. The van der Waals surface area contributed by atoms with Gasteiger partial charge >= 0.3 is 0 Å². The maximum absolute atomic E-state index is 13.8. The van der Waals surface area contributed by atoms with E-state index in [9.17, 15) is 14.0 Å². The van der Waals surface area contributed by atoms with Gasteiger partial charge in [-0.3, -0.25) is 14.6 Å². The van der Waals surface area contributed by atoms with Crippen LogP contribution in [0.5, 0.6) is 0 Å². The fraction of sp³-hybridized carbons (Fsp3) is 0.296. The highest BCUT2D eigenvalue weighted by Gasteiger charge is 2.42. The molecule has 6 heteroatoms. The summed E-state index contributed by atoms with van der Waals surface area (Å²) in [5.74, 6) is -0.512. The molecule has 2 aromatic carbocycles. The van der Waals surface area contributed by atoms with E-state index in [0.29, 0.717) is 17.8 Å². The molecule has 1 fully saturated rings. The molecule has 1 aromatic heterocycles. The number of carbonyl (C=O) groups is 2. The number of rotatable bonds is 6. The van der Waals surface area contributed by atoms with Crippen LogP contribution < -0.4 is 10.6 Å². The van der Waals surface area contributed by atoms with Gasteiger partial charge in [-0.25, -0.2) is 4.39 Å². The first kappa shape index (κ1) is 22.6. The van der Waals surface area contributed by atoms with Crippen molar-refractivity contribution in [2.75, 3.05) is 7.05 Å². The first-order valence-corrected chi connectivity index (χ1v) is 11.3. The Morgan fingerprint density at radius 1 is 1.03 bits per heavy atom. The quantitative estimate of drug-likeness (QED) is 0.579. The highest BCUT2D eigenvalue weighted by Crippen LogP contribution is 2.41. The summed E-state index contributed by atoms with van der Waals surface area (Å²) >= 11 is 0. The summed E-state index contributed by atoms with van der Waals surface area (Å²) in [6.07, 6.45) is 3.39. The third kappa shape index (κ3) is 4.65. The second-order valence-electron chi connectivity index (χ2n) is 8.59. The Kier molecular flexibility index (Phi) is 6.54. The zero-order chi connectivity index (χ0) is 23.4. The van der Waals surface area contributed by atoms with Crippen LogP contribution in [0.25, 0.3) is 11.3 Å². The largest absolute Gasteiger partial charge is 0.355 e. The Hall–Kier alpha value is -3.54. The van der Waals surface area contributed by atoms with E-state index in [0.717, 1.165) is 48.1 Å². The van der Waals surface area contributed by atoms with Gasteiger partial charge in [0.2, 0.25) is 5.91 Å². The van der Waals surface area contributed by atoms with Crippen LogP contribution >= 0.6 is 0 Å². The van der Waals surface area contributed by atoms with E-state index < -0.39 is 5.41 Å². The number of nitrogens with zero attached hydrogens (tertiary/aromatic N) is 1. The number of hydrogen-bond acceptors (Lipinski definition) is 3. The van der Waals surface area contributed by atoms with Crippen molar-refractivity contribution in [2.45, 2.75) is 44.6 Å². The standard InChI is InChI=1S/C27H28FN3O2/c1-18-23(25(32)29-2)12-13-24(31-18)20-10-8-19(9-11-20)17-30-26(33)27(14-3-4-15-27)21-6-5-7-22(28)16-21/h5-13,16H,3-4,14-15,17H2,1-2H3,(H,29,32)(H,30,33). The molecule has 0 spiro atoms. The number of aryl methyl sites for hydroxylation is 1. The molecule has 0 aliphatic heterocycles. The van der Waals surface area contributed by atoms with Gasteiger partial charge in [-0.2, -0.15) is 0 Å². The van der Waals surface area contributed by atoms with Gasteiger partial charge in [0.25, 0.3) is 5.91 Å². The van der Waals surface area contributed by atoms with Gasteiger partial charge < -0.3 is 10.6 Å². The molecule has 5 nitrogen and oxygen atoms in total. The van der Waals surface area contributed by atoms with E-state index in [4.69, 9.17) is 0 Å². The number of amides is 2. The Balaban J connectivity index is 1.46. The van der Waals surface area contributed by atoms with Gasteiger partial charge in [-0.1, -0.05) is 49.2 Å². The molecule has 4 rings (SSSR count). The minimum atomic E-state index is -0.657. The topological polar surface area (TPSA) is 71.1 Å². The highest BCUT2D eigenvalue weighted by atomic mass is 19.1. The molecule has 170 valence electrons. The second kappa shape index (κ2) is 9.53. The van der Waals surface area contributed by atoms with E-state index in [-0.39, 0.29) is 17.6 Å². The normalized spacial score (nSPS) is 14.6. The number of benzene rings is 2. The van der Waals surface area contributed by atoms with Crippen LogP contribution in [0.15, 0.2) is 60.7 Å². The molecule has 33 heavy (non-hydrogen) atoms. The van der Waals surface area contributed by atoms with Gasteiger partial charge in [0, 0.05) is 19.2 Å². The molecule has 0 bridgehead atoms. The van der Waals surface area contributed by atoms with E-state index in [2.05, 4.69) is 15.6 Å². The molecular weight excluding hydrogens is 417 g/mol. The summed E-state index contributed by atoms with van der Waals surface area (Å²) < 4.78 is 13.8. The van der Waals surface area contributed by atoms with Crippen LogP contribution in [0.3, 0.4) is 0 Å². The molecule has 1 heterocycles. The average molecular weight is 446 g/mol. The first-order chi connectivity index (χ1) is 15.9. The summed E-state index contributed by atoms with van der Waals surface area (Å²) in [7, 11) is 1.60. The lowest BCUT2D eigenvalue weighted by molar-refractivity contribution is -0.126. The third-order valence-corrected chi connectivity index (χ3v) is 6.53. The molecule has 1 aliphatic rings. The SMILES string of the molecule is CNC(=O)c1ccc(-c2ccc(CNC(=O)C3(c4cccc(F)c4)CCCC3)cc2)nc1C. The molecule has 0 radical (unpaired) electrons. The van der Waals surface area contributed by atoms with Crippen molar-refractivity contribution in [2.24, 2.45) is 0 Å². The van der Waals surface area contributed by atoms with Gasteiger partial charge in [0.15, 0.2) is 0 Å². The van der Waals surface area contributed by atoms with Crippen molar-refractivity contribution in [1.29, 1.82) is 0 Å². The first-order valence-electron chi connectivity index (χ1n) is 11.3. The lowest BCUT2D eigenvalue weighted by atomic mass is 9.78. The molecular formula is C27H28FN3O2. The molecule has 0 saturated heterocycles. The van der Waals surface area contributed by atoms with Crippen molar-refractivity contribution < 1.29 is 14.0 Å². The zero-order valence-electron chi connectivity index (χ0n) is 19.0. The van der Waals surface area contributed by atoms with Gasteiger partial charge in [0.05, 0.1) is 22.4 Å². The van der Waals surface area contributed by atoms with Crippen LogP contribution in [-0.4, -0.2) is 23.8 Å². The van der Waals surface area contributed by atoms with Crippen LogP contribution in [0, 0.1) is 12.7 Å². The number of halogens is 1. The van der Waals surface area contributed by atoms with E-state index >= 15 is 0 Å². The maximum Gasteiger partial charge on any atom is 0.252 e. The van der Waals surface area contributed by atoms with Crippen LogP contribution in [0.4, 0.5) is 4.39 Å². The lowest BCUT2D eigenvalue weighted by Crippen LogP contribution is -2.42. The maximum atomic E-state index is 13.8. The monoisotopic (exact) mass is 445 g/mol. The molecule has 1 saturated carbocycles. The van der Waals surface area contributed by atoms with Crippen molar-refractivity contribution in [1.82, 2.24) is 15.6 Å². The molecule has 0 atom stereocenters. The molecule has 0 unspecified atom stereocenters. The predicted octanol–water partition coefficient (Wildman–Crippen LogP) is 4.68. The second-order valence-corrected chi connectivity index (χ2v) is 8.59. The zero-order valence-corrected chi connectivity index (χ0v) is 19.0. The van der Waals surface area contributed by atoms with E-state index in [1.165, 1.54) is 12.1 Å². The summed E-state index contributed by atoms with van der Waals surface area (Å²) in [6, 6.07) is 17.9. The highest BCUT2D eigenvalue weighted by molar-refractivity contribution is 5.95. The molecule has 1 aliphatic carbocycles. The van der Waals surface area contributed by atoms with E-state index in [1.54, 1.807) is 19.2 Å². The fourth-order valence-corrected chi connectivity index (χ4v) is 4.65. The predicted molar refractivity (Wildman–Crippen MR) is 126 cm³/mol. The minimum Gasteiger partial charge on any atom is -0.355 e. The Labute approximate surface area is 193 Å². The average Bonchev–Trinajstić information content (AvgIpc) is 3.34. The molecule has 3 aromatic rings. The molecule has 2 amide bonds. The van der Waals surface area contributed by atoms with E-state index in [1.807, 2.05) is 43.3 Å². The number of pyridine rings is 1. The molecule has 2 N–H and O–H groups in total. The van der Waals surface area contributed by atoms with Crippen LogP contribution in [0.1, 0.15) is 52.9 Å². The van der Waals surface area contributed by atoms with Crippen LogP contribution in [-0.2, 0) is 16.8 Å². The number of hydrogen-bond donors (Lipinski definition) is 2. The summed E-state index contributed by atoms with van der Waals surface area (Å²) in [5, 5.41) is 5.69. The lowest BCUT2D eigenvalue weighted by Gasteiger charge is -2.28. The number of carbonyl (C=O) groups excluding carboxylic acids is 2. The van der Waals surface area contributed by atoms with Gasteiger partial charge in [-0.15, -0.1) is 0 Å². The van der Waals surface area contributed by atoms with Crippen molar-refractivity contribution in [3.8, 4) is 11.3 Å². The summed E-state index contributed by atoms with van der Waals surface area (Å²) in [4.78, 5) is 29.6. The van der Waals surface area contributed by atoms with Gasteiger partial charge in [-0.05, 0) is 55.2 Å². The number of nitrogens with one attached hydrogen (secondary N) is 2. The Bertz CT molecular complexity index is 1170. The van der Waals surface area contributed by atoms with Gasteiger partial charge in [0.1, 0.15) is 5.82 Å². The van der Waals surface area contributed by atoms with Crippen molar-refractivity contribution in [3.63, 3.8) is 0 Å². The fourth-order valence-electron chi connectivity index (χ4n) is 4.65. The summed E-state index contributed by atoms with van der Waals surface area (Å²) in [6.45, 7) is 2.22. The Morgan fingerprint density at radius 3 is 2.39 bits per heavy atom. The Morgan fingerprint density at radius 2 is 1.76 bits per heavy atom. The smallest absolute Gasteiger partial charge is 0.252 e. The van der Waals surface area contributed by atoms with Crippen molar-refractivity contribution >= 4 is 11.8 Å².